The zero-order valence-corrected chi connectivity index (χ0v) is 16.7. The quantitative estimate of drug-likeness (QED) is 0.444. The number of carbonyl (C=O) groups excluding carboxylic acids is 1. The van der Waals surface area contributed by atoms with E-state index in [0.29, 0.717) is 16.5 Å². The highest BCUT2D eigenvalue weighted by molar-refractivity contribution is 7.21. The number of hydrogen-bond donors (Lipinski definition) is 1. The number of benzene rings is 3. The van der Waals surface area contributed by atoms with Crippen molar-refractivity contribution in [3.63, 3.8) is 0 Å². The zero-order valence-electron chi connectivity index (χ0n) is 15.1. The number of halogens is 1. The third kappa shape index (κ3) is 4.01. The maximum absolute atomic E-state index is 12.4. The normalized spacial score (nSPS) is 10.8. The molecule has 0 aliphatic heterocycles. The van der Waals surface area contributed by atoms with E-state index in [1.54, 1.807) is 23.5 Å². The molecule has 4 rings (SSSR count). The van der Waals surface area contributed by atoms with E-state index >= 15 is 0 Å². The molecule has 28 heavy (non-hydrogen) atoms. The van der Waals surface area contributed by atoms with E-state index < -0.39 is 0 Å². The van der Waals surface area contributed by atoms with Crippen molar-refractivity contribution >= 4 is 44.7 Å². The highest BCUT2D eigenvalue weighted by Gasteiger charge is 2.13. The molecule has 1 heterocycles. The Bertz CT molecular complexity index is 1120. The van der Waals surface area contributed by atoms with Gasteiger partial charge in [-0.2, -0.15) is 0 Å². The number of aryl methyl sites for hydroxylation is 1. The van der Waals surface area contributed by atoms with Gasteiger partial charge in [0.2, 0.25) is 0 Å². The molecule has 0 aliphatic rings. The standard InChI is InChI=1S/C22H17ClN2O2S/c1-14-10-11-15(12-17(14)23)27-13-21(26)24-18-7-3-2-6-16(18)22-25-19-8-4-5-9-20(19)28-22/h2-12H,13H2,1H3,(H,24,26). The second kappa shape index (κ2) is 8.00. The van der Waals surface area contributed by atoms with Crippen LogP contribution in [0.3, 0.4) is 0 Å². The number of ether oxygens (including phenoxy) is 1. The minimum Gasteiger partial charge on any atom is -0.484 e. The van der Waals surface area contributed by atoms with Crippen molar-refractivity contribution in [1.82, 2.24) is 4.98 Å². The maximum atomic E-state index is 12.4. The Morgan fingerprint density at radius 2 is 1.89 bits per heavy atom. The molecule has 1 aromatic heterocycles. The van der Waals surface area contributed by atoms with E-state index in [1.807, 2.05) is 61.5 Å². The summed E-state index contributed by atoms with van der Waals surface area (Å²) in [4.78, 5) is 17.1. The van der Waals surface area contributed by atoms with Gasteiger partial charge in [0.15, 0.2) is 6.61 Å². The van der Waals surface area contributed by atoms with Gasteiger partial charge in [0.1, 0.15) is 10.8 Å². The summed E-state index contributed by atoms with van der Waals surface area (Å²) in [5, 5.41) is 4.39. The molecular weight excluding hydrogens is 392 g/mol. The first-order valence-corrected chi connectivity index (χ1v) is 9.93. The summed E-state index contributed by atoms with van der Waals surface area (Å²) in [5.41, 5.74) is 3.50. The first-order chi connectivity index (χ1) is 13.6. The molecule has 140 valence electrons. The summed E-state index contributed by atoms with van der Waals surface area (Å²) in [7, 11) is 0. The fourth-order valence-corrected chi connectivity index (χ4v) is 3.94. The lowest BCUT2D eigenvalue weighted by Crippen LogP contribution is -2.20. The minimum atomic E-state index is -0.245. The molecule has 0 spiro atoms. The Morgan fingerprint density at radius 1 is 1.11 bits per heavy atom. The number of fused-ring (bicyclic) bond motifs is 1. The Labute approximate surface area is 171 Å². The van der Waals surface area contributed by atoms with Crippen LogP contribution in [-0.2, 0) is 4.79 Å². The third-order valence-electron chi connectivity index (χ3n) is 4.24. The van der Waals surface area contributed by atoms with Crippen molar-refractivity contribution < 1.29 is 9.53 Å². The number of carbonyl (C=O) groups is 1. The van der Waals surface area contributed by atoms with Crippen molar-refractivity contribution in [3.8, 4) is 16.3 Å². The first kappa shape index (κ1) is 18.5. The molecule has 0 fully saturated rings. The van der Waals surface area contributed by atoms with Crippen molar-refractivity contribution in [3.05, 3.63) is 77.3 Å². The summed E-state index contributed by atoms with van der Waals surface area (Å²) in [6, 6.07) is 21.0. The average molecular weight is 409 g/mol. The number of aromatic nitrogens is 1. The van der Waals surface area contributed by atoms with E-state index in [9.17, 15) is 4.79 Å². The predicted octanol–water partition coefficient (Wildman–Crippen LogP) is 5.94. The van der Waals surface area contributed by atoms with E-state index in [-0.39, 0.29) is 12.5 Å². The van der Waals surface area contributed by atoms with Crippen LogP contribution < -0.4 is 10.1 Å². The SMILES string of the molecule is Cc1ccc(OCC(=O)Nc2ccccc2-c2nc3ccccc3s2)cc1Cl. The smallest absolute Gasteiger partial charge is 0.262 e. The molecule has 0 aliphatic carbocycles. The number of amides is 1. The van der Waals surface area contributed by atoms with Crippen LogP contribution in [0, 0.1) is 6.92 Å². The third-order valence-corrected chi connectivity index (χ3v) is 5.72. The lowest BCUT2D eigenvalue weighted by Gasteiger charge is -2.11. The molecule has 1 amide bonds. The molecule has 0 saturated heterocycles. The Balaban J connectivity index is 1.50. The van der Waals surface area contributed by atoms with Crippen LogP contribution >= 0.6 is 22.9 Å². The monoisotopic (exact) mass is 408 g/mol. The van der Waals surface area contributed by atoms with Crippen molar-refractivity contribution in [2.24, 2.45) is 0 Å². The second-order valence-corrected chi connectivity index (χ2v) is 7.72. The molecule has 0 atom stereocenters. The van der Waals surface area contributed by atoms with Crippen molar-refractivity contribution in [2.75, 3.05) is 11.9 Å². The van der Waals surface area contributed by atoms with Crippen LogP contribution in [0.15, 0.2) is 66.7 Å². The maximum Gasteiger partial charge on any atom is 0.262 e. The van der Waals surface area contributed by atoms with Crippen LogP contribution in [-0.4, -0.2) is 17.5 Å². The summed E-state index contributed by atoms with van der Waals surface area (Å²) < 4.78 is 6.67. The number of anilines is 1. The van der Waals surface area contributed by atoms with Crippen LogP contribution in [0.1, 0.15) is 5.56 Å². The number of nitrogens with zero attached hydrogens (tertiary/aromatic N) is 1. The van der Waals surface area contributed by atoms with Crippen molar-refractivity contribution in [1.29, 1.82) is 0 Å². The van der Waals surface area contributed by atoms with E-state index in [0.717, 1.165) is 26.4 Å². The van der Waals surface area contributed by atoms with Gasteiger partial charge in [0.25, 0.3) is 5.91 Å². The topological polar surface area (TPSA) is 51.2 Å². The molecule has 4 aromatic rings. The first-order valence-electron chi connectivity index (χ1n) is 8.74. The van der Waals surface area contributed by atoms with Gasteiger partial charge in [-0.25, -0.2) is 4.98 Å². The van der Waals surface area contributed by atoms with Gasteiger partial charge in [0, 0.05) is 10.6 Å². The fraction of sp³-hybridized carbons (Fsp3) is 0.0909. The van der Waals surface area contributed by atoms with Gasteiger partial charge in [0.05, 0.1) is 15.9 Å². The average Bonchev–Trinajstić information content (AvgIpc) is 3.13. The molecule has 3 aromatic carbocycles. The Kier molecular flexibility index (Phi) is 5.28. The van der Waals surface area contributed by atoms with Gasteiger partial charge in [-0.1, -0.05) is 41.9 Å². The van der Waals surface area contributed by atoms with Gasteiger partial charge in [-0.15, -0.1) is 11.3 Å². The highest BCUT2D eigenvalue weighted by Crippen LogP contribution is 2.34. The number of hydrogen-bond acceptors (Lipinski definition) is 4. The second-order valence-electron chi connectivity index (χ2n) is 6.28. The van der Waals surface area contributed by atoms with Crippen LogP contribution in [0.2, 0.25) is 5.02 Å². The molecule has 0 bridgehead atoms. The van der Waals surface area contributed by atoms with Crippen molar-refractivity contribution in [2.45, 2.75) is 6.92 Å². The molecule has 4 nitrogen and oxygen atoms in total. The zero-order chi connectivity index (χ0) is 19.5. The number of thiazole rings is 1. The molecule has 6 heteroatoms. The lowest BCUT2D eigenvalue weighted by molar-refractivity contribution is -0.118. The van der Waals surface area contributed by atoms with Crippen LogP contribution in [0.5, 0.6) is 5.75 Å². The predicted molar refractivity (Wildman–Crippen MR) is 115 cm³/mol. The van der Waals surface area contributed by atoms with Crippen LogP contribution in [0.25, 0.3) is 20.8 Å². The summed E-state index contributed by atoms with van der Waals surface area (Å²) in [6.45, 7) is 1.81. The van der Waals surface area contributed by atoms with Gasteiger partial charge >= 0.3 is 0 Å². The summed E-state index contributed by atoms with van der Waals surface area (Å²) in [6.07, 6.45) is 0. The molecule has 0 saturated carbocycles. The molecular formula is C22H17ClN2O2S. The molecule has 0 unspecified atom stereocenters. The number of para-hydroxylation sites is 2. The minimum absolute atomic E-state index is 0.104. The molecule has 1 N–H and O–H groups in total. The molecule has 0 radical (unpaired) electrons. The fourth-order valence-electron chi connectivity index (χ4n) is 2.76. The number of rotatable bonds is 5. The number of nitrogens with one attached hydrogen (secondary N) is 1. The van der Waals surface area contributed by atoms with E-state index in [4.69, 9.17) is 16.3 Å². The summed E-state index contributed by atoms with van der Waals surface area (Å²) >= 11 is 7.69. The van der Waals surface area contributed by atoms with Gasteiger partial charge in [-0.3, -0.25) is 4.79 Å². The largest absolute Gasteiger partial charge is 0.484 e. The summed E-state index contributed by atoms with van der Waals surface area (Å²) in [5.74, 6) is 0.315. The Hall–Kier alpha value is -2.89. The van der Waals surface area contributed by atoms with Crippen LogP contribution in [0.4, 0.5) is 5.69 Å². The van der Waals surface area contributed by atoms with Gasteiger partial charge < -0.3 is 10.1 Å². The highest BCUT2D eigenvalue weighted by atomic mass is 35.5. The lowest BCUT2D eigenvalue weighted by atomic mass is 10.2. The Morgan fingerprint density at radius 3 is 2.71 bits per heavy atom. The van der Waals surface area contributed by atoms with E-state index in [2.05, 4.69) is 10.3 Å². The van der Waals surface area contributed by atoms with Gasteiger partial charge in [-0.05, 0) is 48.9 Å². The van der Waals surface area contributed by atoms with E-state index in [1.165, 1.54) is 0 Å².